The van der Waals surface area contributed by atoms with E-state index in [0.29, 0.717) is 0 Å². The van der Waals surface area contributed by atoms with Gasteiger partial charge in [0.2, 0.25) is 5.91 Å². The van der Waals surface area contributed by atoms with Crippen molar-refractivity contribution in [1.82, 2.24) is 4.90 Å². The van der Waals surface area contributed by atoms with Crippen LogP contribution in [0.5, 0.6) is 0 Å². The van der Waals surface area contributed by atoms with Crippen LogP contribution < -0.4 is 0 Å². The fourth-order valence-corrected chi connectivity index (χ4v) is 1.66. The molecule has 3 heteroatoms. The Kier molecular flexibility index (Phi) is 4.66. The quantitative estimate of drug-likeness (QED) is 0.640. The van der Waals surface area contributed by atoms with E-state index >= 15 is 0 Å². The second-order valence-electron chi connectivity index (χ2n) is 3.51. The van der Waals surface area contributed by atoms with Crippen molar-refractivity contribution in [2.45, 2.75) is 32.8 Å². The smallest absolute Gasteiger partial charge is 0.246 e. The summed E-state index contributed by atoms with van der Waals surface area (Å²) in [5, 5.41) is 0. The molecular weight excluding hydrogens is 178 g/mol. The number of nitrogens with zero attached hydrogens (tertiary/aromatic N) is 1. The van der Waals surface area contributed by atoms with Crippen LogP contribution in [-0.4, -0.2) is 36.6 Å². The van der Waals surface area contributed by atoms with Gasteiger partial charge in [0.05, 0.1) is 6.10 Å². The van der Waals surface area contributed by atoms with E-state index < -0.39 is 0 Å². The summed E-state index contributed by atoms with van der Waals surface area (Å²) in [5.74, 6) is 0.0884. The zero-order chi connectivity index (χ0) is 10.4. The lowest BCUT2D eigenvalue weighted by molar-refractivity contribution is -0.127. The Hall–Kier alpha value is -0.830. The van der Waals surface area contributed by atoms with Crippen LogP contribution in [0.2, 0.25) is 0 Å². The number of amides is 1. The van der Waals surface area contributed by atoms with Gasteiger partial charge in [-0.15, -0.1) is 0 Å². The summed E-state index contributed by atoms with van der Waals surface area (Å²) in [6, 6.07) is 0. The van der Waals surface area contributed by atoms with Gasteiger partial charge in [0.25, 0.3) is 0 Å². The molecule has 3 nitrogen and oxygen atoms in total. The van der Waals surface area contributed by atoms with Gasteiger partial charge in [-0.25, -0.2) is 0 Å². The monoisotopic (exact) mass is 197 g/mol. The van der Waals surface area contributed by atoms with Crippen molar-refractivity contribution in [2.75, 3.05) is 19.7 Å². The van der Waals surface area contributed by atoms with E-state index in [1.165, 1.54) is 0 Å². The van der Waals surface area contributed by atoms with Crippen molar-refractivity contribution >= 4 is 5.91 Å². The number of likely N-dealkylation sites (N-methyl/N-ethyl adjacent to an activating group) is 1. The van der Waals surface area contributed by atoms with Crippen LogP contribution in [0.15, 0.2) is 12.2 Å². The molecule has 0 spiro atoms. The molecule has 0 aromatic carbocycles. The third-order valence-corrected chi connectivity index (χ3v) is 2.45. The van der Waals surface area contributed by atoms with Gasteiger partial charge in [-0.3, -0.25) is 4.79 Å². The largest absolute Gasteiger partial charge is 0.376 e. The summed E-state index contributed by atoms with van der Waals surface area (Å²) in [6.07, 6.45) is 5.85. The van der Waals surface area contributed by atoms with Crippen LogP contribution in [0, 0.1) is 0 Å². The fourth-order valence-electron chi connectivity index (χ4n) is 1.66. The van der Waals surface area contributed by atoms with Gasteiger partial charge in [0.1, 0.15) is 0 Å². The summed E-state index contributed by atoms with van der Waals surface area (Å²) in [5.41, 5.74) is 0. The maximum absolute atomic E-state index is 11.5. The number of allylic oxidation sites excluding steroid dienone is 1. The van der Waals surface area contributed by atoms with Gasteiger partial charge >= 0.3 is 0 Å². The second kappa shape index (κ2) is 5.81. The first-order chi connectivity index (χ1) is 6.77. The number of hydrogen-bond acceptors (Lipinski definition) is 2. The Labute approximate surface area is 85.7 Å². The molecule has 1 heterocycles. The van der Waals surface area contributed by atoms with Gasteiger partial charge in [-0.1, -0.05) is 6.08 Å². The second-order valence-corrected chi connectivity index (χ2v) is 3.51. The van der Waals surface area contributed by atoms with Crippen LogP contribution in [0.3, 0.4) is 0 Å². The highest BCUT2D eigenvalue weighted by Gasteiger charge is 2.20. The van der Waals surface area contributed by atoms with Crippen molar-refractivity contribution in [3.05, 3.63) is 12.2 Å². The average Bonchev–Trinajstić information content (AvgIpc) is 2.66. The molecule has 1 amide bonds. The topological polar surface area (TPSA) is 29.5 Å². The van der Waals surface area contributed by atoms with Crippen LogP contribution in [-0.2, 0) is 9.53 Å². The summed E-state index contributed by atoms with van der Waals surface area (Å²) in [7, 11) is 0. The van der Waals surface area contributed by atoms with E-state index in [-0.39, 0.29) is 12.0 Å². The number of carbonyl (C=O) groups excluding carboxylic acids is 1. The Morgan fingerprint density at radius 2 is 2.43 bits per heavy atom. The SMILES string of the molecule is CC=CC(=O)N(CC)CC1CCCO1. The first-order valence-corrected chi connectivity index (χ1v) is 5.31. The van der Waals surface area contributed by atoms with Gasteiger partial charge < -0.3 is 9.64 Å². The highest BCUT2D eigenvalue weighted by atomic mass is 16.5. The predicted octanol–water partition coefficient (Wildman–Crippen LogP) is 1.59. The third-order valence-electron chi connectivity index (χ3n) is 2.45. The predicted molar refractivity (Wildman–Crippen MR) is 56.0 cm³/mol. The molecule has 0 aromatic rings. The van der Waals surface area contributed by atoms with Crippen molar-refractivity contribution in [3.63, 3.8) is 0 Å². The van der Waals surface area contributed by atoms with E-state index in [9.17, 15) is 4.79 Å². The van der Waals surface area contributed by atoms with Crippen LogP contribution >= 0.6 is 0 Å². The third kappa shape index (κ3) is 3.14. The number of hydrogen-bond donors (Lipinski definition) is 0. The molecular formula is C11H19NO2. The minimum atomic E-state index is 0.0884. The molecule has 1 rings (SSSR count). The molecule has 1 unspecified atom stereocenters. The Bertz CT molecular complexity index is 207. The Morgan fingerprint density at radius 1 is 1.64 bits per heavy atom. The maximum atomic E-state index is 11.5. The standard InChI is InChI=1S/C11H19NO2/c1-3-6-11(13)12(4-2)9-10-7-5-8-14-10/h3,6,10H,4-5,7-9H2,1-2H3. The summed E-state index contributed by atoms with van der Waals surface area (Å²) in [4.78, 5) is 13.4. The lowest BCUT2D eigenvalue weighted by Gasteiger charge is -2.22. The minimum absolute atomic E-state index is 0.0884. The molecule has 0 radical (unpaired) electrons. The number of carbonyl (C=O) groups is 1. The molecule has 0 aromatic heterocycles. The molecule has 1 aliphatic rings. The van der Waals surface area contributed by atoms with Crippen molar-refractivity contribution < 1.29 is 9.53 Å². The van der Waals surface area contributed by atoms with Crippen LogP contribution in [0.4, 0.5) is 0 Å². The molecule has 14 heavy (non-hydrogen) atoms. The first kappa shape index (κ1) is 11.2. The number of ether oxygens (including phenoxy) is 1. The molecule has 0 saturated carbocycles. The molecule has 80 valence electrons. The highest BCUT2D eigenvalue weighted by Crippen LogP contribution is 2.13. The lowest BCUT2D eigenvalue weighted by atomic mass is 10.2. The van der Waals surface area contributed by atoms with Crippen molar-refractivity contribution in [3.8, 4) is 0 Å². The van der Waals surface area contributed by atoms with Gasteiger partial charge in [0, 0.05) is 19.7 Å². The molecule has 1 saturated heterocycles. The van der Waals surface area contributed by atoms with Crippen LogP contribution in [0.25, 0.3) is 0 Å². The van der Waals surface area contributed by atoms with E-state index in [1.54, 1.807) is 12.2 Å². The van der Waals surface area contributed by atoms with Crippen molar-refractivity contribution in [1.29, 1.82) is 0 Å². The molecule has 0 N–H and O–H groups in total. The fraction of sp³-hybridized carbons (Fsp3) is 0.727. The van der Waals surface area contributed by atoms with E-state index in [0.717, 1.165) is 32.5 Å². The summed E-state index contributed by atoms with van der Waals surface area (Å²) < 4.78 is 5.50. The summed E-state index contributed by atoms with van der Waals surface area (Å²) >= 11 is 0. The first-order valence-electron chi connectivity index (χ1n) is 5.31. The number of rotatable bonds is 4. The molecule has 1 fully saturated rings. The maximum Gasteiger partial charge on any atom is 0.246 e. The van der Waals surface area contributed by atoms with E-state index in [2.05, 4.69) is 0 Å². The van der Waals surface area contributed by atoms with Gasteiger partial charge in [-0.05, 0) is 32.8 Å². The zero-order valence-corrected chi connectivity index (χ0v) is 9.03. The minimum Gasteiger partial charge on any atom is -0.376 e. The zero-order valence-electron chi connectivity index (χ0n) is 9.03. The lowest BCUT2D eigenvalue weighted by Crippen LogP contribution is -2.36. The van der Waals surface area contributed by atoms with E-state index in [1.807, 2.05) is 18.7 Å². The average molecular weight is 197 g/mol. The van der Waals surface area contributed by atoms with Gasteiger partial charge in [0.15, 0.2) is 0 Å². The highest BCUT2D eigenvalue weighted by molar-refractivity contribution is 5.87. The molecule has 0 bridgehead atoms. The molecule has 0 aliphatic carbocycles. The van der Waals surface area contributed by atoms with Crippen molar-refractivity contribution in [2.24, 2.45) is 0 Å². The molecule has 1 aliphatic heterocycles. The molecule has 1 atom stereocenters. The van der Waals surface area contributed by atoms with Gasteiger partial charge in [-0.2, -0.15) is 0 Å². The normalized spacial score (nSPS) is 21.7. The Morgan fingerprint density at radius 3 is 2.93 bits per heavy atom. The Balaban J connectivity index is 2.40. The van der Waals surface area contributed by atoms with Crippen LogP contribution in [0.1, 0.15) is 26.7 Å². The van der Waals surface area contributed by atoms with E-state index in [4.69, 9.17) is 4.74 Å². The summed E-state index contributed by atoms with van der Waals surface area (Å²) in [6.45, 7) is 6.19.